The summed E-state index contributed by atoms with van der Waals surface area (Å²) in [5.41, 5.74) is 0.636. The third-order valence-corrected chi connectivity index (χ3v) is 3.55. The van der Waals surface area contributed by atoms with Crippen LogP contribution in [0.25, 0.3) is 11.0 Å². The zero-order chi connectivity index (χ0) is 12.9. The first-order chi connectivity index (χ1) is 8.47. The molecule has 1 unspecified atom stereocenters. The van der Waals surface area contributed by atoms with Crippen LogP contribution in [0.4, 0.5) is 13.2 Å². The minimum absolute atomic E-state index is 0.315. The summed E-state index contributed by atoms with van der Waals surface area (Å²) in [6.07, 6.45) is -1.35. The van der Waals surface area contributed by atoms with E-state index in [-0.39, 0.29) is 0 Å². The molecule has 2 heterocycles. The van der Waals surface area contributed by atoms with Gasteiger partial charge in [-0.3, -0.25) is 0 Å². The van der Waals surface area contributed by atoms with Gasteiger partial charge >= 0.3 is 6.18 Å². The first-order valence-corrected chi connectivity index (χ1v) is 6.05. The lowest BCUT2D eigenvalue weighted by Crippen LogP contribution is -2.14. The van der Waals surface area contributed by atoms with Gasteiger partial charge in [-0.05, 0) is 38.0 Å². The lowest BCUT2D eigenvalue weighted by atomic mass is 10.1. The fourth-order valence-electron chi connectivity index (χ4n) is 2.68. The van der Waals surface area contributed by atoms with Crippen molar-refractivity contribution < 1.29 is 13.2 Å². The van der Waals surface area contributed by atoms with Gasteiger partial charge in [0, 0.05) is 12.5 Å². The molecule has 0 bridgehead atoms. The van der Waals surface area contributed by atoms with Gasteiger partial charge in [-0.1, -0.05) is 0 Å². The maximum absolute atomic E-state index is 12.6. The molecule has 1 aliphatic heterocycles. The third-order valence-electron chi connectivity index (χ3n) is 3.55. The Balaban J connectivity index is 2.20. The van der Waals surface area contributed by atoms with E-state index in [0.717, 1.165) is 42.7 Å². The van der Waals surface area contributed by atoms with Crippen LogP contribution in [-0.2, 0) is 12.6 Å². The van der Waals surface area contributed by atoms with Crippen LogP contribution in [0.1, 0.15) is 37.2 Å². The SMILES string of the molecule is CC1CCCc2nc3cc(C(F)(F)F)ccc3n21. The molecular weight excluding hydrogens is 241 g/mol. The lowest BCUT2D eigenvalue weighted by molar-refractivity contribution is -0.137. The third kappa shape index (κ3) is 1.69. The van der Waals surface area contributed by atoms with Crippen LogP contribution < -0.4 is 0 Å². The van der Waals surface area contributed by atoms with Crippen molar-refractivity contribution in [3.8, 4) is 0 Å². The second kappa shape index (κ2) is 3.73. The summed E-state index contributed by atoms with van der Waals surface area (Å²) in [7, 11) is 0. The van der Waals surface area contributed by atoms with Gasteiger partial charge in [0.05, 0.1) is 16.6 Å². The van der Waals surface area contributed by atoms with Crippen molar-refractivity contribution in [2.75, 3.05) is 0 Å². The predicted octanol–water partition coefficient (Wildman–Crippen LogP) is 3.95. The number of rotatable bonds is 0. The van der Waals surface area contributed by atoms with E-state index in [1.165, 1.54) is 6.07 Å². The van der Waals surface area contributed by atoms with Gasteiger partial charge in [0.15, 0.2) is 0 Å². The van der Waals surface area contributed by atoms with Gasteiger partial charge in [-0.2, -0.15) is 13.2 Å². The average Bonchev–Trinajstić information content (AvgIpc) is 2.66. The number of halogens is 3. The Labute approximate surface area is 102 Å². The molecule has 0 amide bonds. The van der Waals surface area contributed by atoms with E-state index in [1.807, 2.05) is 0 Å². The number of fused-ring (bicyclic) bond motifs is 3. The molecule has 0 radical (unpaired) electrons. The van der Waals surface area contributed by atoms with Gasteiger partial charge in [0.1, 0.15) is 5.82 Å². The number of hydrogen-bond acceptors (Lipinski definition) is 1. The van der Waals surface area contributed by atoms with Crippen LogP contribution in [-0.4, -0.2) is 9.55 Å². The quantitative estimate of drug-likeness (QED) is 0.696. The van der Waals surface area contributed by atoms with Crippen LogP contribution in [0.2, 0.25) is 0 Å². The normalized spacial score (nSPS) is 20.1. The van der Waals surface area contributed by atoms with Crippen molar-refractivity contribution >= 4 is 11.0 Å². The minimum Gasteiger partial charge on any atom is -0.325 e. The van der Waals surface area contributed by atoms with Crippen LogP contribution in [0.15, 0.2) is 18.2 Å². The zero-order valence-electron chi connectivity index (χ0n) is 9.96. The van der Waals surface area contributed by atoms with E-state index < -0.39 is 11.7 Å². The van der Waals surface area contributed by atoms with Crippen molar-refractivity contribution in [3.05, 3.63) is 29.6 Å². The highest BCUT2D eigenvalue weighted by molar-refractivity contribution is 5.77. The summed E-state index contributed by atoms with van der Waals surface area (Å²) < 4.78 is 40.0. The molecule has 2 aromatic rings. The Morgan fingerprint density at radius 3 is 2.83 bits per heavy atom. The predicted molar refractivity (Wildman–Crippen MR) is 62.4 cm³/mol. The van der Waals surface area contributed by atoms with Crippen molar-refractivity contribution in [2.45, 2.75) is 38.4 Å². The van der Waals surface area contributed by atoms with Gasteiger partial charge in [-0.15, -0.1) is 0 Å². The number of nitrogens with zero attached hydrogens (tertiary/aromatic N) is 2. The van der Waals surface area contributed by atoms with E-state index in [9.17, 15) is 13.2 Å². The number of aromatic nitrogens is 2. The average molecular weight is 254 g/mol. The molecule has 2 nitrogen and oxygen atoms in total. The smallest absolute Gasteiger partial charge is 0.325 e. The monoisotopic (exact) mass is 254 g/mol. The zero-order valence-corrected chi connectivity index (χ0v) is 9.96. The number of alkyl halides is 3. The first-order valence-electron chi connectivity index (χ1n) is 6.05. The molecule has 0 spiro atoms. The summed E-state index contributed by atoms with van der Waals surface area (Å²) >= 11 is 0. The molecule has 0 aliphatic carbocycles. The molecule has 5 heteroatoms. The van der Waals surface area contributed by atoms with Gasteiger partial charge in [0.25, 0.3) is 0 Å². The number of imidazole rings is 1. The number of aryl methyl sites for hydroxylation is 1. The Hall–Kier alpha value is -1.52. The van der Waals surface area contributed by atoms with Crippen molar-refractivity contribution in [1.29, 1.82) is 0 Å². The summed E-state index contributed by atoms with van der Waals surface area (Å²) in [4.78, 5) is 4.34. The highest BCUT2D eigenvalue weighted by Crippen LogP contribution is 2.34. The van der Waals surface area contributed by atoms with E-state index in [4.69, 9.17) is 0 Å². The molecule has 0 fully saturated rings. The lowest BCUT2D eigenvalue weighted by Gasteiger charge is -2.22. The molecule has 1 aliphatic rings. The second-order valence-corrected chi connectivity index (χ2v) is 4.84. The van der Waals surface area contributed by atoms with Gasteiger partial charge in [0.2, 0.25) is 0 Å². The van der Waals surface area contributed by atoms with E-state index in [0.29, 0.717) is 11.6 Å². The van der Waals surface area contributed by atoms with Crippen LogP contribution in [0.3, 0.4) is 0 Å². The van der Waals surface area contributed by atoms with E-state index in [1.54, 1.807) is 0 Å². The largest absolute Gasteiger partial charge is 0.416 e. The van der Waals surface area contributed by atoms with Crippen molar-refractivity contribution in [2.24, 2.45) is 0 Å². The number of benzene rings is 1. The van der Waals surface area contributed by atoms with Gasteiger partial charge < -0.3 is 4.57 Å². The van der Waals surface area contributed by atoms with Crippen LogP contribution >= 0.6 is 0 Å². The molecule has 0 saturated heterocycles. The molecule has 1 aromatic heterocycles. The summed E-state index contributed by atoms with van der Waals surface area (Å²) in [6.45, 7) is 2.08. The van der Waals surface area contributed by atoms with Crippen LogP contribution in [0.5, 0.6) is 0 Å². The molecule has 0 N–H and O–H groups in total. The summed E-state index contributed by atoms with van der Waals surface area (Å²) in [6, 6.07) is 4.14. The Morgan fingerprint density at radius 1 is 1.33 bits per heavy atom. The molecule has 18 heavy (non-hydrogen) atoms. The van der Waals surface area contributed by atoms with Crippen LogP contribution in [0, 0.1) is 0 Å². The van der Waals surface area contributed by atoms with Crippen molar-refractivity contribution in [3.63, 3.8) is 0 Å². The molecule has 1 aromatic carbocycles. The fourth-order valence-corrected chi connectivity index (χ4v) is 2.68. The van der Waals surface area contributed by atoms with E-state index in [2.05, 4.69) is 16.5 Å². The Bertz CT molecular complexity index is 598. The van der Waals surface area contributed by atoms with Gasteiger partial charge in [-0.25, -0.2) is 4.98 Å². The number of hydrogen-bond donors (Lipinski definition) is 0. The highest BCUT2D eigenvalue weighted by Gasteiger charge is 2.31. The Kier molecular flexibility index (Phi) is 2.40. The second-order valence-electron chi connectivity index (χ2n) is 4.84. The molecule has 1 atom stereocenters. The summed E-state index contributed by atoms with van der Waals surface area (Å²) in [5.74, 6) is 0.906. The molecular formula is C13H13F3N2. The van der Waals surface area contributed by atoms with Crippen molar-refractivity contribution in [1.82, 2.24) is 9.55 Å². The fraction of sp³-hybridized carbons (Fsp3) is 0.462. The first kappa shape index (κ1) is 11.6. The molecule has 96 valence electrons. The molecule has 3 rings (SSSR count). The maximum atomic E-state index is 12.6. The Morgan fingerprint density at radius 2 is 2.11 bits per heavy atom. The van der Waals surface area contributed by atoms with E-state index >= 15 is 0 Å². The topological polar surface area (TPSA) is 17.8 Å². The maximum Gasteiger partial charge on any atom is 0.416 e. The minimum atomic E-state index is -4.30. The standard InChI is InChI=1S/C13H13F3N2/c1-8-3-2-4-12-17-10-7-9(13(14,15)16)5-6-11(10)18(8)12/h5-8H,2-4H2,1H3. The highest BCUT2D eigenvalue weighted by atomic mass is 19.4. The summed E-state index contributed by atoms with van der Waals surface area (Å²) in [5, 5.41) is 0. The molecule has 0 saturated carbocycles.